The molecule has 2 heterocycles. The van der Waals surface area contributed by atoms with Crippen LogP contribution in [0.5, 0.6) is 0 Å². The third-order valence-electron chi connectivity index (χ3n) is 6.03. The fourth-order valence-electron chi connectivity index (χ4n) is 4.17. The van der Waals surface area contributed by atoms with E-state index in [0.29, 0.717) is 44.5 Å². The quantitative estimate of drug-likeness (QED) is 0.400. The molecule has 0 atom stereocenters. The number of piperidine rings is 1. The summed E-state index contributed by atoms with van der Waals surface area (Å²) < 4.78 is 40.1. The molecule has 4 N–H and O–H groups in total. The maximum atomic E-state index is 13.6. The van der Waals surface area contributed by atoms with Gasteiger partial charge in [-0.2, -0.15) is 0 Å². The summed E-state index contributed by atoms with van der Waals surface area (Å²) in [4.78, 5) is 28.8. The van der Waals surface area contributed by atoms with Crippen LogP contribution < -0.4 is 16.0 Å². The molecule has 9 heteroatoms. The Labute approximate surface area is 194 Å². The number of aromatic amines is 1. The number of nitrogens with one attached hydrogen (secondary N) is 4. The summed E-state index contributed by atoms with van der Waals surface area (Å²) in [5.41, 5.74) is 0.936. The Morgan fingerprint density at radius 3 is 2.59 bits per heavy atom. The Morgan fingerprint density at radius 1 is 1.03 bits per heavy atom. The van der Waals surface area contributed by atoms with E-state index in [9.17, 15) is 22.8 Å². The maximum absolute atomic E-state index is 13.6. The van der Waals surface area contributed by atoms with Crippen LogP contribution in [-0.4, -0.2) is 42.0 Å². The average molecular weight is 470 g/mol. The largest absolute Gasteiger partial charge is 0.361 e. The van der Waals surface area contributed by atoms with E-state index in [0.717, 1.165) is 28.6 Å². The number of carbonyl (C=O) groups is 2. The molecule has 2 amide bonds. The van der Waals surface area contributed by atoms with E-state index < -0.39 is 23.1 Å². The molecule has 3 aromatic rings. The van der Waals surface area contributed by atoms with Gasteiger partial charge in [0, 0.05) is 29.7 Å². The Kier molecular flexibility index (Phi) is 7.02. The van der Waals surface area contributed by atoms with Crippen molar-refractivity contribution in [3.63, 3.8) is 0 Å². The van der Waals surface area contributed by atoms with Gasteiger partial charge in [0.15, 0.2) is 11.6 Å². The van der Waals surface area contributed by atoms with Gasteiger partial charge in [0.05, 0.1) is 0 Å². The lowest BCUT2D eigenvalue weighted by Crippen LogP contribution is -2.62. The Morgan fingerprint density at radius 2 is 1.82 bits per heavy atom. The number of carbonyl (C=O) groups excluding carboxylic acids is 2. The lowest BCUT2D eigenvalue weighted by atomic mass is 9.87. The number of rotatable bonds is 7. The minimum absolute atomic E-state index is 0.297. The van der Waals surface area contributed by atoms with Crippen LogP contribution in [-0.2, 0) is 16.0 Å². The monoisotopic (exact) mass is 470 g/mol. The van der Waals surface area contributed by atoms with E-state index in [1.165, 1.54) is 30.4 Å². The Hall–Kier alpha value is -3.59. The molecule has 6 nitrogen and oxygen atoms in total. The summed E-state index contributed by atoms with van der Waals surface area (Å²) in [6.07, 6.45) is 5.66. The number of hydrogen-bond donors (Lipinski definition) is 4. The lowest BCUT2D eigenvalue weighted by Gasteiger charge is -2.36. The molecular weight excluding hydrogens is 445 g/mol. The lowest BCUT2D eigenvalue weighted by molar-refractivity contribution is -0.133. The van der Waals surface area contributed by atoms with Gasteiger partial charge in [-0.3, -0.25) is 9.59 Å². The maximum Gasteiger partial charge on any atom is 0.245 e. The van der Waals surface area contributed by atoms with Crippen molar-refractivity contribution in [1.82, 2.24) is 20.9 Å². The highest BCUT2D eigenvalue weighted by atomic mass is 19.2. The zero-order valence-corrected chi connectivity index (χ0v) is 18.4. The van der Waals surface area contributed by atoms with Crippen LogP contribution in [0.15, 0.2) is 48.7 Å². The first kappa shape index (κ1) is 23.6. The molecule has 0 radical (unpaired) electrons. The molecule has 0 bridgehead atoms. The van der Waals surface area contributed by atoms with Crippen LogP contribution in [0.1, 0.15) is 24.0 Å². The van der Waals surface area contributed by atoms with Gasteiger partial charge in [-0.25, -0.2) is 13.2 Å². The zero-order chi connectivity index (χ0) is 24.1. The SMILES string of the molecule is O=C(/C=C/c1ccc(F)c(F)c1)NC1(C(=O)NCCc2c[nH]c3ccc(F)cc23)CCNCC1. The van der Waals surface area contributed by atoms with Crippen LogP contribution in [0.3, 0.4) is 0 Å². The second kappa shape index (κ2) is 10.1. The van der Waals surface area contributed by atoms with E-state index >= 15 is 0 Å². The van der Waals surface area contributed by atoms with Gasteiger partial charge in [-0.05, 0) is 79.9 Å². The van der Waals surface area contributed by atoms with Gasteiger partial charge in [-0.15, -0.1) is 0 Å². The fraction of sp³-hybridized carbons (Fsp3) is 0.280. The highest BCUT2D eigenvalue weighted by Crippen LogP contribution is 2.21. The molecular formula is C25H25F3N4O2. The second-order valence-corrected chi connectivity index (χ2v) is 8.34. The smallest absolute Gasteiger partial charge is 0.245 e. The van der Waals surface area contributed by atoms with Gasteiger partial charge in [0.25, 0.3) is 0 Å². The molecule has 4 rings (SSSR count). The summed E-state index contributed by atoms with van der Waals surface area (Å²) >= 11 is 0. The third-order valence-corrected chi connectivity index (χ3v) is 6.03. The zero-order valence-electron chi connectivity index (χ0n) is 18.4. The second-order valence-electron chi connectivity index (χ2n) is 8.34. The number of halogens is 3. The van der Waals surface area contributed by atoms with Crippen molar-refractivity contribution in [2.75, 3.05) is 19.6 Å². The van der Waals surface area contributed by atoms with E-state index in [2.05, 4.69) is 20.9 Å². The van der Waals surface area contributed by atoms with Gasteiger partial charge < -0.3 is 20.9 Å². The van der Waals surface area contributed by atoms with Crippen molar-refractivity contribution in [3.05, 3.63) is 77.2 Å². The van der Waals surface area contributed by atoms with Crippen LogP contribution >= 0.6 is 0 Å². The number of hydrogen-bond acceptors (Lipinski definition) is 3. The Bertz CT molecular complexity index is 1230. The fourth-order valence-corrected chi connectivity index (χ4v) is 4.17. The number of H-pyrrole nitrogens is 1. The third kappa shape index (κ3) is 5.31. The topological polar surface area (TPSA) is 86.0 Å². The molecule has 0 aliphatic carbocycles. The molecule has 2 aromatic carbocycles. The molecule has 1 aliphatic heterocycles. The molecule has 1 aliphatic rings. The molecule has 178 valence electrons. The number of amides is 2. The summed E-state index contributed by atoms with van der Waals surface area (Å²) in [6.45, 7) is 1.43. The van der Waals surface area contributed by atoms with Crippen molar-refractivity contribution in [2.45, 2.75) is 24.8 Å². The van der Waals surface area contributed by atoms with E-state index in [1.807, 2.05) is 0 Å². The molecule has 0 unspecified atom stereocenters. The summed E-state index contributed by atoms with van der Waals surface area (Å²) in [5, 5.41) is 9.65. The van der Waals surface area contributed by atoms with Gasteiger partial charge in [0.1, 0.15) is 11.4 Å². The summed E-state index contributed by atoms with van der Waals surface area (Å²) in [5.74, 6) is -3.10. The first-order chi connectivity index (χ1) is 16.4. The predicted octanol–water partition coefficient (Wildman–Crippen LogP) is 3.20. The van der Waals surface area contributed by atoms with Crippen molar-refractivity contribution in [2.24, 2.45) is 0 Å². The predicted molar refractivity (Wildman–Crippen MR) is 123 cm³/mol. The standard InChI is InChI=1S/C25H25F3N4O2/c26-18-3-5-22-19(14-18)17(15-31-22)7-10-30-24(34)25(8-11-29-12-9-25)32-23(33)6-2-16-1-4-20(27)21(28)13-16/h1-6,13-15,29,31H,7-12H2,(H,30,34)(H,32,33)/b6-2+. The molecule has 0 saturated carbocycles. The van der Waals surface area contributed by atoms with Crippen molar-refractivity contribution >= 4 is 28.8 Å². The molecule has 0 spiro atoms. The molecule has 1 aromatic heterocycles. The van der Waals surface area contributed by atoms with Crippen LogP contribution in [0.25, 0.3) is 17.0 Å². The van der Waals surface area contributed by atoms with E-state index in [4.69, 9.17) is 0 Å². The molecule has 1 fully saturated rings. The highest BCUT2D eigenvalue weighted by Gasteiger charge is 2.40. The van der Waals surface area contributed by atoms with Crippen molar-refractivity contribution < 1.29 is 22.8 Å². The number of fused-ring (bicyclic) bond motifs is 1. The van der Waals surface area contributed by atoms with Crippen LogP contribution in [0, 0.1) is 17.5 Å². The highest BCUT2D eigenvalue weighted by molar-refractivity contribution is 5.97. The van der Waals surface area contributed by atoms with Gasteiger partial charge in [-0.1, -0.05) is 6.07 Å². The van der Waals surface area contributed by atoms with Crippen molar-refractivity contribution in [1.29, 1.82) is 0 Å². The molecule has 34 heavy (non-hydrogen) atoms. The van der Waals surface area contributed by atoms with Gasteiger partial charge >= 0.3 is 0 Å². The average Bonchev–Trinajstić information content (AvgIpc) is 3.22. The number of aromatic nitrogens is 1. The van der Waals surface area contributed by atoms with Crippen LogP contribution in [0.2, 0.25) is 0 Å². The van der Waals surface area contributed by atoms with Crippen molar-refractivity contribution in [3.8, 4) is 0 Å². The first-order valence-corrected chi connectivity index (χ1v) is 11.1. The number of benzene rings is 2. The van der Waals surface area contributed by atoms with Crippen LogP contribution in [0.4, 0.5) is 13.2 Å². The Balaban J connectivity index is 1.40. The summed E-state index contributed by atoms with van der Waals surface area (Å²) in [6, 6.07) is 7.83. The summed E-state index contributed by atoms with van der Waals surface area (Å²) in [7, 11) is 0. The normalized spacial score (nSPS) is 15.5. The van der Waals surface area contributed by atoms with E-state index in [-0.39, 0.29) is 11.7 Å². The minimum atomic E-state index is -1.09. The minimum Gasteiger partial charge on any atom is -0.361 e. The van der Waals surface area contributed by atoms with E-state index in [1.54, 1.807) is 12.3 Å². The van der Waals surface area contributed by atoms with Gasteiger partial charge in [0.2, 0.25) is 11.8 Å². The molecule has 1 saturated heterocycles. The first-order valence-electron chi connectivity index (χ1n) is 11.1.